The van der Waals surface area contributed by atoms with Gasteiger partial charge in [0.2, 0.25) is 0 Å². The van der Waals surface area contributed by atoms with Crippen LogP contribution in [0.2, 0.25) is 5.02 Å². The Balaban J connectivity index is 1.86. The lowest BCUT2D eigenvalue weighted by Gasteiger charge is -2.09. The number of nitrogens with one attached hydrogen (secondary N) is 1. The summed E-state index contributed by atoms with van der Waals surface area (Å²) < 4.78 is 5.23. The van der Waals surface area contributed by atoms with E-state index in [4.69, 9.17) is 28.6 Å². The van der Waals surface area contributed by atoms with Crippen molar-refractivity contribution in [2.45, 2.75) is 6.92 Å². The average molecular weight is 321 g/mol. The molecule has 4 nitrogen and oxygen atoms in total. The van der Waals surface area contributed by atoms with Crippen molar-refractivity contribution in [3.63, 3.8) is 0 Å². The molecule has 0 radical (unpaired) electrons. The van der Waals surface area contributed by atoms with E-state index >= 15 is 0 Å². The van der Waals surface area contributed by atoms with E-state index in [1.807, 2.05) is 25.1 Å². The number of carbonyl (C=O) groups excluding carboxylic acids is 1. The highest BCUT2D eigenvalue weighted by atomic mass is 35.5. The lowest BCUT2D eigenvalue weighted by molar-refractivity contribution is 0.0916. The second-order valence-corrected chi connectivity index (χ2v) is 5.16. The fourth-order valence-electron chi connectivity index (χ4n) is 1.62. The van der Waals surface area contributed by atoms with Gasteiger partial charge in [-0.05, 0) is 37.3 Å². The molecule has 21 heavy (non-hydrogen) atoms. The number of thiocarbonyl (C=S) groups is 1. The number of pyridine rings is 1. The molecule has 1 aromatic carbocycles. The third kappa shape index (κ3) is 4.81. The predicted molar refractivity (Wildman–Crippen MR) is 86.9 cm³/mol. The molecule has 2 rings (SSSR count). The first-order chi connectivity index (χ1) is 10.0. The number of aromatic nitrogens is 1. The molecule has 0 atom stereocenters. The van der Waals surface area contributed by atoms with Crippen molar-refractivity contribution in [2.75, 3.05) is 11.9 Å². The number of halogens is 1. The minimum atomic E-state index is -0.132. The van der Waals surface area contributed by atoms with Crippen LogP contribution in [0.4, 0.5) is 5.82 Å². The summed E-state index contributed by atoms with van der Waals surface area (Å²) in [5.41, 5.74) is 1.62. The summed E-state index contributed by atoms with van der Waals surface area (Å²) >= 11 is 10.7. The first kappa shape index (κ1) is 15.4. The molecule has 108 valence electrons. The van der Waals surface area contributed by atoms with E-state index in [9.17, 15) is 4.79 Å². The lowest BCUT2D eigenvalue weighted by atomic mass is 10.1. The molecule has 2 aromatic rings. The number of Topliss-reactive ketones (excluding diaryl/α,β-unsaturated/α-hetero) is 1. The summed E-state index contributed by atoms with van der Waals surface area (Å²) in [5.74, 6) is 0.374. The van der Waals surface area contributed by atoms with Crippen molar-refractivity contribution in [2.24, 2.45) is 0 Å². The summed E-state index contributed by atoms with van der Waals surface area (Å²) in [4.78, 5) is 16.0. The molecular formula is C15H13ClN2O2S. The minimum Gasteiger partial charge on any atom is -0.462 e. The van der Waals surface area contributed by atoms with Gasteiger partial charge in [-0.25, -0.2) is 4.98 Å². The zero-order valence-corrected chi connectivity index (χ0v) is 12.9. The number of carbonyl (C=O) groups is 1. The van der Waals surface area contributed by atoms with Crippen molar-refractivity contribution in [3.05, 3.63) is 58.7 Å². The topological polar surface area (TPSA) is 51.2 Å². The molecule has 0 spiro atoms. The van der Waals surface area contributed by atoms with Crippen LogP contribution in [0.15, 0.2) is 42.6 Å². The van der Waals surface area contributed by atoms with Crippen LogP contribution in [0.25, 0.3) is 0 Å². The number of benzene rings is 1. The Bertz CT molecular complexity index is 659. The van der Waals surface area contributed by atoms with Gasteiger partial charge < -0.3 is 10.1 Å². The number of ketones is 1. The number of ether oxygens (including phenoxy) is 1. The highest BCUT2D eigenvalue weighted by molar-refractivity contribution is 7.80. The molecule has 1 N–H and O–H groups in total. The van der Waals surface area contributed by atoms with Crippen LogP contribution in [0.3, 0.4) is 0 Å². The third-order valence-corrected chi connectivity index (χ3v) is 3.08. The van der Waals surface area contributed by atoms with E-state index in [0.717, 1.165) is 5.56 Å². The summed E-state index contributed by atoms with van der Waals surface area (Å²) in [6.07, 6.45) is 1.49. The maximum atomic E-state index is 12.0. The summed E-state index contributed by atoms with van der Waals surface area (Å²) in [6, 6.07) is 10.7. The molecule has 0 aliphatic rings. The van der Waals surface area contributed by atoms with E-state index < -0.39 is 0 Å². The van der Waals surface area contributed by atoms with Crippen molar-refractivity contribution in [3.8, 4) is 0 Å². The molecule has 1 aromatic heterocycles. The Kier molecular flexibility index (Phi) is 5.25. The average Bonchev–Trinajstić information content (AvgIpc) is 2.47. The molecule has 0 aliphatic carbocycles. The maximum Gasteiger partial charge on any atom is 0.262 e. The molecule has 0 saturated carbocycles. The standard InChI is InChI=1S/C15H13ClN2O2S/c1-10-3-2-4-11(7-10)13(19)9-20-15(21)18-14-6-5-12(16)8-17-14/h2-8H,9H2,1H3,(H,17,18,21). The Morgan fingerprint density at radius 2 is 2.19 bits per heavy atom. The summed E-state index contributed by atoms with van der Waals surface area (Å²) in [6.45, 7) is 1.80. The van der Waals surface area contributed by atoms with Crippen molar-refractivity contribution >= 4 is 40.6 Å². The Labute approximate surface area is 133 Å². The fraction of sp³-hybridized carbons (Fsp3) is 0.133. The number of nitrogens with zero attached hydrogens (tertiary/aromatic N) is 1. The van der Waals surface area contributed by atoms with Gasteiger partial charge in [-0.15, -0.1) is 0 Å². The first-order valence-electron chi connectivity index (χ1n) is 6.20. The zero-order valence-electron chi connectivity index (χ0n) is 11.3. The maximum absolute atomic E-state index is 12.0. The largest absolute Gasteiger partial charge is 0.462 e. The zero-order chi connectivity index (χ0) is 15.2. The molecule has 6 heteroatoms. The highest BCUT2D eigenvalue weighted by Crippen LogP contribution is 2.10. The predicted octanol–water partition coefficient (Wildman–Crippen LogP) is 3.64. The minimum absolute atomic E-state index is 0.0887. The fourth-order valence-corrected chi connectivity index (χ4v) is 1.90. The third-order valence-electron chi connectivity index (χ3n) is 2.63. The van der Waals surface area contributed by atoms with Gasteiger partial charge in [0.15, 0.2) is 12.4 Å². The normalized spacial score (nSPS) is 10.0. The molecule has 0 amide bonds. The van der Waals surface area contributed by atoms with Crippen LogP contribution >= 0.6 is 23.8 Å². The molecule has 0 aliphatic heterocycles. The second-order valence-electron chi connectivity index (χ2n) is 4.36. The van der Waals surface area contributed by atoms with Crippen molar-refractivity contribution < 1.29 is 9.53 Å². The van der Waals surface area contributed by atoms with Gasteiger partial charge in [0.25, 0.3) is 5.17 Å². The Morgan fingerprint density at radius 3 is 2.86 bits per heavy atom. The first-order valence-corrected chi connectivity index (χ1v) is 6.98. The number of rotatable bonds is 4. The number of aryl methyl sites for hydroxylation is 1. The van der Waals surface area contributed by atoms with Crippen LogP contribution in [0.5, 0.6) is 0 Å². The smallest absolute Gasteiger partial charge is 0.262 e. The quantitative estimate of drug-likeness (QED) is 0.688. The Hall–Kier alpha value is -1.98. The molecule has 0 bridgehead atoms. The summed E-state index contributed by atoms with van der Waals surface area (Å²) in [7, 11) is 0. The van der Waals surface area contributed by atoms with Gasteiger partial charge in [0, 0.05) is 11.8 Å². The van der Waals surface area contributed by atoms with E-state index in [1.165, 1.54) is 6.20 Å². The molecule has 1 heterocycles. The van der Waals surface area contributed by atoms with E-state index in [1.54, 1.807) is 18.2 Å². The van der Waals surface area contributed by atoms with Crippen LogP contribution < -0.4 is 5.32 Å². The summed E-state index contributed by atoms with van der Waals surface area (Å²) in [5, 5.41) is 3.39. The van der Waals surface area contributed by atoms with E-state index in [2.05, 4.69) is 10.3 Å². The van der Waals surface area contributed by atoms with Crippen LogP contribution in [-0.2, 0) is 4.74 Å². The van der Waals surface area contributed by atoms with Gasteiger partial charge >= 0.3 is 0 Å². The number of anilines is 1. The highest BCUT2D eigenvalue weighted by Gasteiger charge is 2.08. The van der Waals surface area contributed by atoms with Crippen LogP contribution in [-0.4, -0.2) is 22.5 Å². The molecule has 0 saturated heterocycles. The van der Waals surface area contributed by atoms with Gasteiger partial charge in [-0.2, -0.15) is 0 Å². The van der Waals surface area contributed by atoms with Gasteiger partial charge in [-0.3, -0.25) is 4.79 Å². The van der Waals surface area contributed by atoms with Crippen LogP contribution in [0.1, 0.15) is 15.9 Å². The van der Waals surface area contributed by atoms with Gasteiger partial charge in [0.1, 0.15) is 5.82 Å². The SMILES string of the molecule is Cc1cccc(C(=O)COC(=S)Nc2ccc(Cl)cn2)c1. The lowest BCUT2D eigenvalue weighted by Crippen LogP contribution is -2.19. The second kappa shape index (κ2) is 7.15. The molecule has 0 fully saturated rings. The van der Waals surface area contributed by atoms with E-state index in [0.29, 0.717) is 16.4 Å². The molecule has 0 unspecified atom stereocenters. The Morgan fingerprint density at radius 1 is 1.38 bits per heavy atom. The van der Waals surface area contributed by atoms with Gasteiger partial charge in [-0.1, -0.05) is 35.4 Å². The molecular weight excluding hydrogens is 308 g/mol. The van der Waals surface area contributed by atoms with Crippen molar-refractivity contribution in [1.29, 1.82) is 0 Å². The monoisotopic (exact) mass is 320 g/mol. The van der Waals surface area contributed by atoms with Crippen LogP contribution in [0, 0.1) is 6.92 Å². The van der Waals surface area contributed by atoms with E-state index in [-0.39, 0.29) is 17.6 Å². The number of hydrogen-bond donors (Lipinski definition) is 1. The number of hydrogen-bond acceptors (Lipinski definition) is 4. The van der Waals surface area contributed by atoms with Crippen molar-refractivity contribution in [1.82, 2.24) is 4.98 Å². The van der Waals surface area contributed by atoms with Gasteiger partial charge in [0.05, 0.1) is 5.02 Å².